The minimum absolute atomic E-state index is 0.494. The van der Waals surface area contributed by atoms with Gasteiger partial charge in [-0.1, -0.05) is 23.2 Å². The summed E-state index contributed by atoms with van der Waals surface area (Å²) in [5, 5.41) is 18.2. The monoisotopic (exact) mass is 344 g/mol. The number of hydrogen-bond acceptors (Lipinski definition) is 4. The summed E-state index contributed by atoms with van der Waals surface area (Å²) >= 11 is 12.2. The van der Waals surface area contributed by atoms with Crippen LogP contribution < -0.4 is 0 Å². The van der Waals surface area contributed by atoms with Crippen molar-refractivity contribution in [3.63, 3.8) is 0 Å². The summed E-state index contributed by atoms with van der Waals surface area (Å²) in [4.78, 5) is 0. The summed E-state index contributed by atoms with van der Waals surface area (Å²) in [6.45, 7) is 1.97. The third kappa shape index (κ3) is 2.46. The molecule has 4 aromatic rings. The predicted molar refractivity (Wildman–Crippen MR) is 88.1 cm³/mol. The molecule has 0 spiro atoms. The Morgan fingerprint density at radius 3 is 2.65 bits per heavy atom. The molecule has 0 atom stereocenters. The van der Waals surface area contributed by atoms with E-state index in [0.29, 0.717) is 32.9 Å². The second kappa shape index (κ2) is 5.33. The molecule has 0 amide bonds. The smallest absolute Gasteiger partial charge is 0.186 e. The van der Waals surface area contributed by atoms with Crippen molar-refractivity contribution in [1.82, 2.24) is 29.6 Å². The van der Waals surface area contributed by atoms with Gasteiger partial charge in [0.25, 0.3) is 0 Å². The molecule has 0 unspecified atom stereocenters. The highest BCUT2D eigenvalue weighted by atomic mass is 35.5. The number of rotatable bonds is 2. The van der Waals surface area contributed by atoms with E-state index in [1.165, 1.54) is 0 Å². The van der Waals surface area contributed by atoms with Gasteiger partial charge >= 0.3 is 0 Å². The Kier molecular flexibility index (Phi) is 3.28. The summed E-state index contributed by atoms with van der Waals surface area (Å²) in [5.41, 5.74) is 2.39. The van der Waals surface area contributed by atoms with Gasteiger partial charge in [-0.2, -0.15) is 9.61 Å². The van der Waals surface area contributed by atoms with Gasteiger partial charge in [0.2, 0.25) is 0 Å². The lowest BCUT2D eigenvalue weighted by Crippen LogP contribution is -2.03. The molecule has 8 heteroatoms. The fourth-order valence-electron chi connectivity index (χ4n) is 2.28. The highest BCUT2D eigenvalue weighted by molar-refractivity contribution is 6.36. The summed E-state index contributed by atoms with van der Waals surface area (Å²) in [6, 6.07) is 8.89. The molecule has 0 saturated carbocycles. The Morgan fingerprint density at radius 1 is 1.04 bits per heavy atom. The van der Waals surface area contributed by atoms with E-state index in [9.17, 15) is 0 Å². The molecule has 0 aliphatic rings. The summed E-state index contributed by atoms with van der Waals surface area (Å²) in [5.74, 6) is 1.21. The zero-order chi connectivity index (χ0) is 16.0. The highest BCUT2D eigenvalue weighted by Crippen LogP contribution is 2.29. The lowest BCUT2D eigenvalue weighted by atomic mass is 10.2. The van der Waals surface area contributed by atoms with Crippen molar-refractivity contribution >= 4 is 28.8 Å². The SMILES string of the molecule is Cc1cnn(-c2ccc3nnc(-c4ccc(Cl)cc4Cl)n3n2)c1. The zero-order valence-electron chi connectivity index (χ0n) is 12.0. The van der Waals surface area contributed by atoms with Crippen molar-refractivity contribution in [2.45, 2.75) is 6.92 Å². The maximum atomic E-state index is 6.27. The molecular weight excluding hydrogens is 335 g/mol. The maximum Gasteiger partial charge on any atom is 0.186 e. The fourth-order valence-corrected chi connectivity index (χ4v) is 2.77. The van der Waals surface area contributed by atoms with Crippen molar-refractivity contribution in [3.05, 3.63) is 58.3 Å². The van der Waals surface area contributed by atoms with E-state index < -0.39 is 0 Å². The Bertz CT molecular complexity index is 1020. The van der Waals surface area contributed by atoms with Crippen LogP contribution in [0.1, 0.15) is 5.56 Å². The number of fused-ring (bicyclic) bond motifs is 1. The average molecular weight is 345 g/mol. The van der Waals surface area contributed by atoms with Crippen molar-refractivity contribution < 1.29 is 0 Å². The molecule has 0 fully saturated rings. The van der Waals surface area contributed by atoms with E-state index in [-0.39, 0.29) is 0 Å². The van der Waals surface area contributed by atoms with Gasteiger partial charge in [-0.25, -0.2) is 4.68 Å². The largest absolute Gasteiger partial charge is 0.221 e. The van der Waals surface area contributed by atoms with Crippen LogP contribution in [0.5, 0.6) is 0 Å². The van der Waals surface area contributed by atoms with Crippen molar-refractivity contribution in [3.8, 4) is 17.2 Å². The average Bonchev–Trinajstić information content (AvgIpc) is 3.13. The Hall–Kier alpha value is -2.44. The van der Waals surface area contributed by atoms with Gasteiger partial charge in [0, 0.05) is 16.8 Å². The van der Waals surface area contributed by atoms with Crippen LogP contribution in [0, 0.1) is 6.92 Å². The molecule has 4 rings (SSSR count). The molecule has 3 heterocycles. The first-order valence-electron chi connectivity index (χ1n) is 6.81. The first-order valence-corrected chi connectivity index (χ1v) is 7.57. The van der Waals surface area contributed by atoms with E-state index in [4.69, 9.17) is 23.2 Å². The number of benzene rings is 1. The molecule has 0 radical (unpaired) electrons. The molecule has 23 heavy (non-hydrogen) atoms. The molecule has 0 aliphatic heterocycles. The van der Waals surface area contributed by atoms with Crippen molar-refractivity contribution in [2.24, 2.45) is 0 Å². The molecule has 0 saturated heterocycles. The van der Waals surface area contributed by atoms with E-state index in [2.05, 4.69) is 20.4 Å². The Morgan fingerprint density at radius 2 is 1.91 bits per heavy atom. The van der Waals surface area contributed by atoms with Crippen LogP contribution in [0.2, 0.25) is 10.0 Å². The summed E-state index contributed by atoms with van der Waals surface area (Å²) < 4.78 is 3.34. The number of aryl methyl sites for hydroxylation is 1. The minimum atomic E-state index is 0.494. The zero-order valence-corrected chi connectivity index (χ0v) is 13.5. The fraction of sp³-hybridized carbons (Fsp3) is 0.0667. The van der Waals surface area contributed by atoms with Gasteiger partial charge in [-0.15, -0.1) is 15.3 Å². The van der Waals surface area contributed by atoms with Gasteiger partial charge in [0.05, 0.1) is 11.2 Å². The van der Waals surface area contributed by atoms with Gasteiger partial charge in [0.1, 0.15) is 0 Å². The summed E-state index contributed by atoms with van der Waals surface area (Å²) in [7, 11) is 0. The van der Waals surface area contributed by atoms with Crippen LogP contribution >= 0.6 is 23.2 Å². The first-order chi connectivity index (χ1) is 11.1. The molecule has 114 valence electrons. The lowest BCUT2D eigenvalue weighted by molar-refractivity contribution is 0.794. The Balaban J connectivity index is 1.91. The number of halogens is 2. The standard InChI is InChI=1S/C15H10Cl2N6/c1-9-7-18-22(8-9)14-5-4-13-19-20-15(23(13)21-14)11-3-2-10(16)6-12(11)17/h2-8H,1H3. The van der Waals surface area contributed by atoms with Crippen LogP contribution in [0.15, 0.2) is 42.7 Å². The van der Waals surface area contributed by atoms with Crippen molar-refractivity contribution in [1.29, 1.82) is 0 Å². The summed E-state index contributed by atoms with van der Waals surface area (Å²) in [6.07, 6.45) is 3.67. The second-order valence-electron chi connectivity index (χ2n) is 5.07. The normalized spacial score (nSPS) is 11.3. The van der Waals surface area contributed by atoms with Crippen LogP contribution in [0.25, 0.3) is 22.9 Å². The Labute approximate surface area is 141 Å². The van der Waals surface area contributed by atoms with Gasteiger partial charge < -0.3 is 0 Å². The topological polar surface area (TPSA) is 60.9 Å². The first kappa shape index (κ1) is 14.2. The molecule has 3 aromatic heterocycles. The van der Waals surface area contributed by atoms with Crippen LogP contribution in [0.3, 0.4) is 0 Å². The molecule has 0 bridgehead atoms. The molecule has 6 nitrogen and oxygen atoms in total. The highest BCUT2D eigenvalue weighted by Gasteiger charge is 2.14. The number of nitrogens with zero attached hydrogens (tertiary/aromatic N) is 6. The maximum absolute atomic E-state index is 6.27. The molecule has 0 N–H and O–H groups in total. The third-order valence-corrected chi connectivity index (χ3v) is 3.91. The molecular formula is C15H10Cl2N6. The van der Waals surface area contributed by atoms with E-state index in [1.54, 1.807) is 33.6 Å². The lowest BCUT2D eigenvalue weighted by Gasteiger charge is -2.04. The van der Waals surface area contributed by atoms with E-state index in [1.807, 2.05) is 25.3 Å². The van der Waals surface area contributed by atoms with Crippen LogP contribution in [-0.2, 0) is 0 Å². The van der Waals surface area contributed by atoms with Crippen molar-refractivity contribution in [2.75, 3.05) is 0 Å². The van der Waals surface area contributed by atoms with Crippen LogP contribution in [-0.4, -0.2) is 29.6 Å². The van der Waals surface area contributed by atoms with Crippen LogP contribution in [0.4, 0.5) is 0 Å². The van der Waals surface area contributed by atoms with Gasteiger partial charge in [0.15, 0.2) is 17.3 Å². The molecule has 0 aliphatic carbocycles. The van der Waals surface area contributed by atoms with Gasteiger partial charge in [-0.3, -0.25) is 0 Å². The van der Waals surface area contributed by atoms with E-state index >= 15 is 0 Å². The molecule has 1 aromatic carbocycles. The van der Waals surface area contributed by atoms with E-state index in [0.717, 1.165) is 5.56 Å². The minimum Gasteiger partial charge on any atom is -0.221 e. The number of aromatic nitrogens is 6. The number of hydrogen-bond donors (Lipinski definition) is 0. The third-order valence-electron chi connectivity index (χ3n) is 3.37. The van der Waals surface area contributed by atoms with Gasteiger partial charge in [-0.05, 0) is 42.8 Å². The predicted octanol–water partition coefficient (Wildman–Crippen LogP) is 3.59. The quantitative estimate of drug-likeness (QED) is 0.557. The second-order valence-corrected chi connectivity index (χ2v) is 5.92.